The number of ether oxygens (including phenoxy) is 2. The molecule has 32 heavy (non-hydrogen) atoms. The molecule has 164 valence electrons. The number of rotatable bonds is 6. The molecule has 0 unspecified atom stereocenters. The van der Waals surface area contributed by atoms with Crippen molar-refractivity contribution in [2.75, 3.05) is 6.61 Å². The molecule has 0 aliphatic heterocycles. The lowest BCUT2D eigenvalue weighted by atomic mass is 9.97. The molecule has 7 heteroatoms. The van der Waals surface area contributed by atoms with Crippen LogP contribution in [0.25, 0.3) is 21.6 Å². The molecule has 5 rings (SSSR count). The van der Waals surface area contributed by atoms with Crippen LogP contribution in [0.2, 0.25) is 0 Å². The van der Waals surface area contributed by atoms with Gasteiger partial charge >= 0.3 is 0 Å². The third kappa shape index (κ3) is 4.07. The van der Waals surface area contributed by atoms with Crippen LogP contribution in [0.1, 0.15) is 35.8 Å². The third-order valence-corrected chi connectivity index (χ3v) is 7.41. The minimum absolute atomic E-state index is 0.0668. The lowest BCUT2D eigenvalue weighted by molar-refractivity contribution is 0.268. The van der Waals surface area contributed by atoms with E-state index < -0.39 is 0 Å². The maximum Gasteiger partial charge on any atom is 0.260 e. The second-order valence-corrected chi connectivity index (χ2v) is 9.74. The van der Waals surface area contributed by atoms with Crippen molar-refractivity contribution >= 4 is 37.5 Å². The van der Waals surface area contributed by atoms with Crippen LogP contribution in [0.5, 0.6) is 11.5 Å². The maximum absolute atomic E-state index is 13.0. The van der Waals surface area contributed by atoms with Gasteiger partial charge in [-0.1, -0.05) is 30.3 Å². The van der Waals surface area contributed by atoms with Crippen molar-refractivity contribution in [2.45, 2.75) is 39.2 Å². The molecule has 1 N–H and O–H groups in total. The largest absolute Gasteiger partial charge is 0.490 e. The molecule has 1 aliphatic rings. The molecule has 0 amide bonds. The molecule has 0 bridgehead atoms. The van der Waals surface area contributed by atoms with E-state index in [4.69, 9.17) is 14.5 Å². The van der Waals surface area contributed by atoms with Crippen molar-refractivity contribution in [3.8, 4) is 22.9 Å². The van der Waals surface area contributed by atoms with Crippen molar-refractivity contribution in [1.82, 2.24) is 9.97 Å². The smallest absolute Gasteiger partial charge is 0.260 e. The quantitative estimate of drug-likeness (QED) is 0.332. The molecule has 4 aromatic rings. The highest BCUT2D eigenvalue weighted by Crippen LogP contribution is 2.40. The third-order valence-electron chi connectivity index (χ3n) is 5.63. The van der Waals surface area contributed by atoms with Crippen LogP contribution in [0.15, 0.2) is 51.7 Å². The van der Waals surface area contributed by atoms with E-state index in [9.17, 15) is 4.79 Å². The van der Waals surface area contributed by atoms with Crippen LogP contribution in [0, 0.1) is 0 Å². The fourth-order valence-corrected chi connectivity index (χ4v) is 5.96. The van der Waals surface area contributed by atoms with Crippen LogP contribution in [0.4, 0.5) is 0 Å². The number of H-pyrrole nitrogens is 1. The second-order valence-electron chi connectivity index (χ2n) is 7.80. The van der Waals surface area contributed by atoms with Crippen molar-refractivity contribution in [3.63, 3.8) is 0 Å². The molecule has 0 saturated heterocycles. The van der Waals surface area contributed by atoms with Crippen molar-refractivity contribution in [1.29, 1.82) is 0 Å². The molecule has 0 spiro atoms. The molecule has 2 aromatic carbocycles. The van der Waals surface area contributed by atoms with E-state index in [2.05, 4.69) is 20.9 Å². The predicted molar refractivity (Wildman–Crippen MR) is 132 cm³/mol. The number of nitrogens with one attached hydrogen (secondary N) is 1. The van der Waals surface area contributed by atoms with Gasteiger partial charge in [0.2, 0.25) is 0 Å². The topological polar surface area (TPSA) is 64.2 Å². The Labute approximate surface area is 198 Å². The molecular weight excluding hydrogens is 488 g/mol. The average molecular weight is 511 g/mol. The van der Waals surface area contributed by atoms with Crippen LogP contribution in [0.3, 0.4) is 0 Å². The number of fused-ring (bicyclic) bond motifs is 3. The van der Waals surface area contributed by atoms with E-state index in [0.29, 0.717) is 30.5 Å². The Bertz CT molecular complexity index is 1330. The van der Waals surface area contributed by atoms with Crippen molar-refractivity contribution < 1.29 is 9.47 Å². The number of aryl methyl sites for hydroxylation is 2. The summed E-state index contributed by atoms with van der Waals surface area (Å²) in [4.78, 5) is 22.9. The molecule has 0 atom stereocenters. The van der Waals surface area contributed by atoms with Gasteiger partial charge in [-0.05, 0) is 71.8 Å². The Morgan fingerprint density at radius 3 is 2.75 bits per heavy atom. The van der Waals surface area contributed by atoms with Crippen molar-refractivity contribution in [3.05, 3.63) is 73.3 Å². The van der Waals surface area contributed by atoms with E-state index in [-0.39, 0.29) is 5.56 Å². The van der Waals surface area contributed by atoms with E-state index in [1.165, 1.54) is 16.9 Å². The Hall–Kier alpha value is -2.64. The summed E-state index contributed by atoms with van der Waals surface area (Å²) in [5.74, 6) is 1.79. The first-order valence-corrected chi connectivity index (χ1v) is 12.4. The van der Waals surface area contributed by atoms with Gasteiger partial charge in [0.15, 0.2) is 11.5 Å². The highest BCUT2D eigenvalue weighted by atomic mass is 79.9. The minimum atomic E-state index is -0.0668. The van der Waals surface area contributed by atoms with E-state index >= 15 is 0 Å². The van der Waals surface area contributed by atoms with Crippen LogP contribution >= 0.6 is 27.3 Å². The summed E-state index contributed by atoms with van der Waals surface area (Å²) >= 11 is 5.28. The maximum atomic E-state index is 13.0. The van der Waals surface area contributed by atoms with Gasteiger partial charge in [-0.25, -0.2) is 4.98 Å². The van der Waals surface area contributed by atoms with Gasteiger partial charge in [0.1, 0.15) is 17.3 Å². The van der Waals surface area contributed by atoms with E-state index in [1.807, 2.05) is 49.4 Å². The zero-order valence-electron chi connectivity index (χ0n) is 17.7. The standard InChI is InChI=1S/C25H23BrN2O3S/c1-2-30-19-13-16(12-18(26)22(19)31-14-15-8-4-3-5-9-15)23-27-24(29)21-17-10-6-7-11-20(17)32-25(21)28-23/h3-5,8-9,12-13H,2,6-7,10-11,14H2,1H3,(H,27,28,29). The summed E-state index contributed by atoms with van der Waals surface area (Å²) in [5.41, 5.74) is 2.97. The number of hydrogen-bond acceptors (Lipinski definition) is 5. The molecular formula is C25H23BrN2O3S. The van der Waals surface area contributed by atoms with Gasteiger partial charge in [-0.2, -0.15) is 0 Å². The summed E-state index contributed by atoms with van der Waals surface area (Å²) in [6.07, 6.45) is 4.32. The lowest BCUT2D eigenvalue weighted by Crippen LogP contribution is -2.11. The Kier molecular flexibility index (Phi) is 6.02. The van der Waals surface area contributed by atoms with Crippen LogP contribution in [-0.4, -0.2) is 16.6 Å². The lowest BCUT2D eigenvalue weighted by Gasteiger charge is -2.15. The highest BCUT2D eigenvalue weighted by molar-refractivity contribution is 9.10. The minimum Gasteiger partial charge on any atom is -0.490 e. The predicted octanol–water partition coefficient (Wildman–Crippen LogP) is 6.27. The highest BCUT2D eigenvalue weighted by Gasteiger charge is 2.21. The monoisotopic (exact) mass is 510 g/mol. The van der Waals surface area contributed by atoms with E-state index in [1.54, 1.807) is 11.3 Å². The average Bonchev–Trinajstić information content (AvgIpc) is 3.18. The number of aromatic nitrogens is 2. The summed E-state index contributed by atoms with van der Waals surface area (Å²) in [6, 6.07) is 13.8. The molecule has 2 heterocycles. The first-order chi connectivity index (χ1) is 15.6. The van der Waals surface area contributed by atoms with Gasteiger partial charge in [-0.15, -0.1) is 11.3 Å². The molecule has 2 aromatic heterocycles. The van der Waals surface area contributed by atoms with Crippen LogP contribution < -0.4 is 15.0 Å². The fourth-order valence-electron chi connectivity index (χ4n) is 4.14. The summed E-state index contributed by atoms with van der Waals surface area (Å²) in [6.45, 7) is 2.86. The van der Waals surface area contributed by atoms with E-state index in [0.717, 1.165) is 45.1 Å². The number of benzene rings is 2. The molecule has 0 saturated carbocycles. The SMILES string of the molecule is CCOc1cc(-c2nc3sc4c(c3c(=O)[nH]2)CCCC4)cc(Br)c1OCc1ccccc1. The number of halogens is 1. The van der Waals surface area contributed by atoms with Crippen LogP contribution in [-0.2, 0) is 19.4 Å². The van der Waals surface area contributed by atoms with Gasteiger partial charge in [-0.3, -0.25) is 4.79 Å². The number of thiophene rings is 1. The first kappa shape index (κ1) is 21.2. The van der Waals surface area contributed by atoms with Crippen molar-refractivity contribution in [2.24, 2.45) is 0 Å². The summed E-state index contributed by atoms with van der Waals surface area (Å²) in [5, 5.41) is 0.764. The number of nitrogens with zero attached hydrogens (tertiary/aromatic N) is 1. The molecule has 1 aliphatic carbocycles. The molecule has 5 nitrogen and oxygen atoms in total. The summed E-state index contributed by atoms with van der Waals surface area (Å²) in [7, 11) is 0. The zero-order valence-corrected chi connectivity index (χ0v) is 20.1. The second kappa shape index (κ2) is 9.08. The van der Waals surface area contributed by atoms with Gasteiger partial charge in [0.25, 0.3) is 5.56 Å². The molecule has 0 fully saturated rings. The summed E-state index contributed by atoms with van der Waals surface area (Å²) < 4.78 is 12.7. The normalized spacial score (nSPS) is 13.2. The van der Waals surface area contributed by atoms with Gasteiger partial charge < -0.3 is 14.5 Å². The van der Waals surface area contributed by atoms with Gasteiger partial charge in [0, 0.05) is 10.4 Å². The fraction of sp³-hybridized carbons (Fsp3) is 0.280. The van der Waals surface area contributed by atoms with Gasteiger partial charge in [0.05, 0.1) is 16.5 Å². The number of hydrogen-bond donors (Lipinski definition) is 1. The number of aromatic amines is 1. The Balaban J connectivity index is 1.53. The Morgan fingerprint density at radius 2 is 1.94 bits per heavy atom. The zero-order chi connectivity index (χ0) is 22.1. The Morgan fingerprint density at radius 1 is 1.12 bits per heavy atom. The first-order valence-electron chi connectivity index (χ1n) is 10.8. The molecule has 0 radical (unpaired) electrons.